The molecule has 1 aliphatic carbocycles. The highest BCUT2D eigenvalue weighted by molar-refractivity contribution is 4.83. The Bertz CT molecular complexity index is 169. The van der Waals surface area contributed by atoms with Gasteiger partial charge in [-0.3, -0.25) is 0 Å². The van der Waals surface area contributed by atoms with Gasteiger partial charge in [0, 0.05) is 6.04 Å². The first-order valence-electron chi connectivity index (χ1n) is 5.98. The molecular weight excluding hydrogens is 176 g/mol. The Balaban J connectivity index is 1.65. The first-order chi connectivity index (χ1) is 6.86. The second kappa shape index (κ2) is 5.10. The molecule has 0 bridgehead atoms. The lowest BCUT2D eigenvalue weighted by Gasteiger charge is -2.25. The van der Waals surface area contributed by atoms with E-state index in [1.807, 2.05) is 0 Å². The van der Waals surface area contributed by atoms with Crippen LogP contribution in [0, 0.1) is 5.92 Å². The van der Waals surface area contributed by atoms with Crippen molar-refractivity contribution in [3.8, 4) is 0 Å². The first kappa shape index (κ1) is 10.4. The average molecular weight is 198 g/mol. The van der Waals surface area contributed by atoms with Gasteiger partial charge in [0.25, 0.3) is 0 Å². The van der Waals surface area contributed by atoms with E-state index in [1.165, 1.54) is 32.4 Å². The van der Waals surface area contributed by atoms with Crippen LogP contribution in [0.2, 0.25) is 0 Å². The van der Waals surface area contributed by atoms with E-state index < -0.39 is 0 Å². The van der Waals surface area contributed by atoms with Gasteiger partial charge in [-0.05, 0) is 57.7 Å². The summed E-state index contributed by atoms with van der Waals surface area (Å²) in [5.74, 6) is 0.823. The van der Waals surface area contributed by atoms with Crippen molar-refractivity contribution in [2.24, 2.45) is 5.92 Å². The topological polar surface area (TPSA) is 44.3 Å². The van der Waals surface area contributed by atoms with E-state index in [0.29, 0.717) is 6.04 Å². The molecule has 2 aliphatic rings. The van der Waals surface area contributed by atoms with E-state index in [4.69, 9.17) is 0 Å². The van der Waals surface area contributed by atoms with E-state index >= 15 is 0 Å². The summed E-state index contributed by atoms with van der Waals surface area (Å²) in [5, 5.41) is 16.5. The minimum atomic E-state index is -0.0864. The Morgan fingerprint density at radius 1 is 1.14 bits per heavy atom. The van der Waals surface area contributed by atoms with Crippen LogP contribution >= 0.6 is 0 Å². The molecule has 3 N–H and O–H groups in total. The highest BCUT2D eigenvalue weighted by Gasteiger charge is 2.25. The maximum atomic E-state index is 9.64. The molecule has 2 rings (SSSR count). The van der Waals surface area contributed by atoms with Crippen molar-refractivity contribution >= 4 is 0 Å². The Kier molecular flexibility index (Phi) is 3.79. The highest BCUT2D eigenvalue weighted by Crippen LogP contribution is 2.19. The molecule has 0 aromatic heterocycles. The molecule has 3 heteroatoms. The van der Waals surface area contributed by atoms with Crippen LogP contribution in [0.5, 0.6) is 0 Å². The number of nitrogens with one attached hydrogen (secondary N) is 2. The van der Waals surface area contributed by atoms with Crippen LogP contribution in [-0.2, 0) is 0 Å². The van der Waals surface area contributed by atoms with Crippen molar-refractivity contribution in [1.29, 1.82) is 0 Å². The van der Waals surface area contributed by atoms with E-state index in [2.05, 4.69) is 10.6 Å². The fraction of sp³-hybridized carbons (Fsp3) is 1.00. The largest absolute Gasteiger partial charge is 0.392 e. The fourth-order valence-electron chi connectivity index (χ4n) is 2.58. The van der Waals surface area contributed by atoms with Crippen molar-refractivity contribution in [1.82, 2.24) is 10.6 Å². The molecule has 2 unspecified atom stereocenters. The molecule has 2 fully saturated rings. The van der Waals surface area contributed by atoms with Crippen LogP contribution in [-0.4, -0.2) is 36.9 Å². The standard InChI is InChI=1S/C11H22N2O/c14-11-3-1-2-10(11)13-8-9-4-6-12-7-5-9/h9-14H,1-8H2. The molecule has 82 valence electrons. The number of piperidine rings is 1. The molecule has 1 saturated carbocycles. The lowest BCUT2D eigenvalue weighted by atomic mass is 9.98. The van der Waals surface area contributed by atoms with Gasteiger partial charge in [0.15, 0.2) is 0 Å². The maximum absolute atomic E-state index is 9.64. The number of aliphatic hydroxyl groups excluding tert-OH is 1. The van der Waals surface area contributed by atoms with Crippen LogP contribution < -0.4 is 10.6 Å². The zero-order valence-electron chi connectivity index (χ0n) is 8.84. The van der Waals surface area contributed by atoms with Crippen molar-refractivity contribution in [2.45, 2.75) is 44.2 Å². The zero-order valence-corrected chi connectivity index (χ0v) is 8.84. The normalized spacial score (nSPS) is 34.9. The fourth-order valence-corrected chi connectivity index (χ4v) is 2.58. The molecule has 2 atom stereocenters. The molecular formula is C11H22N2O. The Morgan fingerprint density at radius 3 is 2.57 bits per heavy atom. The molecule has 0 amide bonds. The van der Waals surface area contributed by atoms with Gasteiger partial charge in [0.05, 0.1) is 6.10 Å². The first-order valence-corrected chi connectivity index (χ1v) is 5.98. The van der Waals surface area contributed by atoms with E-state index in [9.17, 15) is 5.11 Å². The van der Waals surface area contributed by atoms with Gasteiger partial charge in [0.2, 0.25) is 0 Å². The summed E-state index contributed by atoms with van der Waals surface area (Å²) < 4.78 is 0. The van der Waals surface area contributed by atoms with E-state index in [-0.39, 0.29) is 6.10 Å². The van der Waals surface area contributed by atoms with Gasteiger partial charge in [-0.25, -0.2) is 0 Å². The summed E-state index contributed by atoms with van der Waals surface area (Å²) in [6.45, 7) is 3.43. The number of rotatable bonds is 3. The summed E-state index contributed by atoms with van der Waals surface area (Å²) >= 11 is 0. The quantitative estimate of drug-likeness (QED) is 0.618. The molecule has 3 nitrogen and oxygen atoms in total. The predicted molar refractivity (Wildman–Crippen MR) is 57.2 cm³/mol. The summed E-state index contributed by atoms with van der Waals surface area (Å²) in [4.78, 5) is 0. The summed E-state index contributed by atoms with van der Waals surface area (Å²) in [7, 11) is 0. The third-order valence-corrected chi connectivity index (χ3v) is 3.61. The lowest BCUT2D eigenvalue weighted by Crippen LogP contribution is -2.41. The minimum Gasteiger partial charge on any atom is -0.392 e. The van der Waals surface area contributed by atoms with Crippen LogP contribution in [0.3, 0.4) is 0 Å². The molecule has 14 heavy (non-hydrogen) atoms. The average Bonchev–Trinajstić information content (AvgIpc) is 2.63. The Morgan fingerprint density at radius 2 is 1.93 bits per heavy atom. The molecule has 0 aromatic carbocycles. The highest BCUT2D eigenvalue weighted by atomic mass is 16.3. The monoisotopic (exact) mass is 198 g/mol. The minimum absolute atomic E-state index is 0.0864. The lowest BCUT2D eigenvalue weighted by molar-refractivity contribution is 0.145. The number of hydrogen-bond acceptors (Lipinski definition) is 3. The Hall–Kier alpha value is -0.120. The van der Waals surface area contributed by atoms with Crippen molar-refractivity contribution in [2.75, 3.05) is 19.6 Å². The smallest absolute Gasteiger partial charge is 0.0693 e. The SMILES string of the molecule is OC1CCCC1NCC1CCNCC1. The zero-order chi connectivity index (χ0) is 9.80. The third-order valence-electron chi connectivity index (χ3n) is 3.61. The molecule has 1 saturated heterocycles. The van der Waals surface area contributed by atoms with Crippen LogP contribution in [0.4, 0.5) is 0 Å². The van der Waals surface area contributed by atoms with Crippen LogP contribution in [0.25, 0.3) is 0 Å². The molecule has 1 heterocycles. The van der Waals surface area contributed by atoms with Gasteiger partial charge in [-0.2, -0.15) is 0 Å². The molecule has 1 aliphatic heterocycles. The Labute approximate surface area is 86.3 Å². The van der Waals surface area contributed by atoms with E-state index in [1.54, 1.807) is 0 Å². The third kappa shape index (κ3) is 2.69. The summed E-state index contributed by atoms with van der Waals surface area (Å²) in [6, 6.07) is 0.380. The molecule has 0 radical (unpaired) electrons. The van der Waals surface area contributed by atoms with Gasteiger partial charge in [-0.1, -0.05) is 0 Å². The van der Waals surface area contributed by atoms with Gasteiger partial charge < -0.3 is 15.7 Å². The van der Waals surface area contributed by atoms with E-state index in [0.717, 1.165) is 25.3 Å². The van der Waals surface area contributed by atoms with Crippen LogP contribution in [0.1, 0.15) is 32.1 Å². The summed E-state index contributed by atoms with van der Waals surface area (Å²) in [6.07, 6.45) is 5.82. The van der Waals surface area contributed by atoms with Crippen molar-refractivity contribution < 1.29 is 5.11 Å². The van der Waals surface area contributed by atoms with Crippen molar-refractivity contribution in [3.63, 3.8) is 0 Å². The number of aliphatic hydroxyl groups is 1. The van der Waals surface area contributed by atoms with Gasteiger partial charge in [0.1, 0.15) is 0 Å². The second-order valence-corrected chi connectivity index (χ2v) is 4.71. The predicted octanol–water partition coefficient (Wildman–Crippen LogP) is 0.489. The van der Waals surface area contributed by atoms with Crippen molar-refractivity contribution in [3.05, 3.63) is 0 Å². The van der Waals surface area contributed by atoms with Gasteiger partial charge in [-0.15, -0.1) is 0 Å². The summed E-state index contributed by atoms with van der Waals surface area (Å²) in [5.41, 5.74) is 0. The molecule has 0 aromatic rings. The maximum Gasteiger partial charge on any atom is 0.0693 e. The molecule has 0 spiro atoms. The van der Waals surface area contributed by atoms with Crippen LogP contribution in [0.15, 0.2) is 0 Å². The van der Waals surface area contributed by atoms with Gasteiger partial charge >= 0.3 is 0 Å². The number of hydrogen-bond donors (Lipinski definition) is 3. The second-order valence-electron chi connectivity index (χ2n) is 4.71.